The van der Waals surface area contributed by atoms with Crippen LogP contribution in [0, 0.1) is 0 Å². The molecule has 16 heavy (non-hydrogen) atoms. The lowest BCUT2D eigenvalue weighted by molar-refractivity contribution is 0.341. The average molecular weight is 300 g/mol. The van der Waals surface area contributed by atoms with Gasteiger partial charge >= 0.3 is 0 Å². The third kappa shape index (κ3) is 1.72. The number of halogens is 1. The van der Waals surface area contributed by atoms with E-state index in [1.807, 2.05) is 0 Å². The van der Waals surface area contributed by atoms with E-state index >= 15 is 0 Å². The Morgan fingerprint density at radius 2 is 2.19 bits per heavy atom. The van der Waals surface area contributed by atoms with Gasteiger partial charge in [0, 0.05) is 30.2 Å². The van der Waals surface area contributed by atoms with Crippen LogP contribution in [0.3, 0.4) is 0 Å². The molecule has 2 aromatic heterocycles. The molecule has 1 aliphatic rings. The van der Waals surface area contributed by atoms with E-state index in [1.54, 1.807) is 11.3 Å². The number of thiophene rings is 1. The van der Waals surface area contributed by atoms with Crippen molar-refractivity contribution in [3.05, 3.63) is 21.6 Å². The van der Waals surface area contributed by atoms with E-state index in [9.17, 15) is 0 Å². The molecule has 5 heteroatoms. The fraction of sp³-hybridized carbons (Fsp3) is 0.455. The normalized spacial score (nSPS) is 26.4. The van der Waals surface area contributed by atoms with Gasteiger partial charge in [-0.3, -0.25) is 0 Å². The van der Waals surface area contributed by atoms with E-state index < -0.39 is 0 Å². The first-order valence-corrected chi connectivity index (χ1v) is 7.15. The first-order chi connectivity index (χ1) is 7.75. The summed E-state index contributed by atoms with van der Waals surface area (Å²) in [5.74, 6) is 0. The molecule has 0 spiro atoms. The Balaban J connectivity index is 1.98. The van der Waals surface area contributed by atoms with Crippen molar-refractivity contribution >= 4 is 37.5 Å². The number of hydrogen-bond donors (Lipinski definition) is 3. The summed E-state index contributed by atoms with van der Waals surface area (Å²) in [6.07, 6.45) is 0. The Bertz CT molecular complexity index is 504. The SMILES string of the molecule is CC1NCCNC1c1cc2scc(Br)c2[nH]1. The molecule has 0 radical (unpaired) electrons. The first kappa shape index (κ1) is 10.8. The standard InChI is InChI=1S/C11H14BrN3S/c1-6-10(14-3-2-13-6)8-4-9-11(15-8)7(12)5-16-9/h4-6,10,13-15H,2-3H2,1H3. The lowest BCUT2D eigenvalue weighted by Gasteiger charge is -2.30. The molecule has 3 rings (SSSR count). The summed E-state index contributed by atoms with van der Waals surface area (Å²) in [5.41, 5.74) is 2.50. The highest BCUT2D eigenvalue weighted by Gasteiger charge is 2.23. The number of piperazine rings is 1. The molecule has 0 aromatic carbocycles. The van der Waals surface area contributed by atoms with Crippen molar-refractivity contribution < 1.29 is 0 Å². The Hall–Kier alpha value is -0.360. The van der Waals surface area contributed by atoms with Crippen LogP contribution in [-0.4, -0.2) is 24.1 Å². The van der Waals surface area contributed by atoms with Crippen molar-refractivity contribution in [2.24, 2.45) is 0 Å². The van der Waals surface area contributed by atoms with Crippen molar-refractivity contribution in [2.75, 3.05) is 13.1 Å². The minimum absolute atomic E-state index is 0.389. The van der Waals surface area contributed by atoms with Gasteiger partial charge in [-0.05, 0) is 28.9 Å². The fourth-order valence-electron chi connectivity index (χ4n) is 2.27. The van der Waals surface area contributed by atoms with Crippen LogP contribution in [0.2, 0.25) is 0 Å². The zero-order chi connectivity index (χ0) is 11.1. The molecule has 3 heterocycles. The summed E-state index contributed by atoms with van der Waals surface area (Å²) in [4.78, 5) is 3.51. The zero-order valence-electron chi connectivity index (χ0n) is 9.01. The predicted octanol–water partition coefficient (Wildman–Crippen LogP) is 2.61. The Labute approximate surface area is 107 Å². The Morgan fingerprint density at radius 1 is 1.38 bits per heavy atom. The zero-order valence-corrected chi connectivity index (χ0v) is 11.4. The topological polar surface area (TPSA) is 39.8 Å². The number of H-pyrrole nitrogens is 1. The smallest absolute Gasteiger partial charge is 0.0710 e. The van der Waals surface area contributed by atoms with Crippen molar-refractivity contribution in [1.82, 2.24) is 15.6 Å². The number of aromatic nitrogens is 1. The van der Waals surface area contributed by atoms with E-state index in [2.05, 4.69) is 49.9 Å². The molecule has 0 saturated carbocycles. The van der Waals surface area contributed by atoms with Crippen molar-refractivity contribution in [3.63, 3.8) is 0 Å². The van der Waals surface area contributed by atoms with Crippen LogP contribution < -0.4 is 10.6 Å². The third-order valence-corrected chi connectivity index (χ3v) is 4.98. The lowest BCUT2D eigenvalue weighted by atomic mass is 10.0. The number of fused-ring (bicyclic) bond motifs is 1. The predicted molar refractivity (Wildman–Crippen MR) is 72.1 cm³/mol. The van der Waals surface area contributed by atoms with Crippen LogP contribution in [-0.2, 0) is 0 Å². The highest BCUT2D eigenvalue weighted by Crippen LogP contribution is 2.32. The molecule has 1 aliphatic heterocycles. The number of aromatic amines is 1. The van der Waals surface area contributed by atoms with Crippen molar-refractivity contribution in [2.45, 2.75) is 19.0 Å². The number of hydrogen-bond acceptors (Lipinski definition) is 3. The Morgan fingerprint density at radius 3 is 2.94 bits per heavy atom. The molecule has 0 bridgehead atoms. The van der Waals surface area contributed by atoms with E-state index in [-0.39, 0.29) is 0 Å². The molecule has 2 aromatic rings. The van der Waals surface area contributed by atoms with Crippen molar-refractivity contribution in [3.8, 4) is 0 Å². The maximum absolute atomic E-state index is 3.56. The molecular formula is C11H14BrN3S. The molecule has 2 unspecified atom stereocenters. The Kier molecular flexibility index (Phi) is 2.79. The number of rotatable bonds is 1. The van der Waals surface area contributed by atoms with E-state index in [1.165, 1.54) is 15.9 Å². The van der Waals surface area contributed by atoms with E-state index in [0.717, 1.165) is 17.6 Å². The minimum Gasteiger partial charge on any atom is -0.355 e. The van der Waals surface area contributed by atoms with Gasteiger partial charge in [0.25, 0.3) is 0 Å². The fourth-order valence-corrected chi connectivity index (χ4v) is 3.82. The average Bonchev–Trinajstić information content (AvgIpc) is 2.82. The molecule has 1 saturated heterocycles. The highest BCUT2D eigenvalue weighted by molar-refractivity contribution is 9.10. The lowest BCUT2D eigenvalue weighted by Crippen LogP contribution is -2.49. The van der Waals surface area contributed by atoms with Gasteiger partial charge in [-0.2, -0.15) is 0 Å². The molecule has 2 atom stereocenters. The highest BCUT2D eigenvalue weighted by atomic mass is 79.9. The quantitative estimate of drug-likeness (QED) is 0.757. The summed E-state index contributed by atoms with van der Waals surface area (Å²) < 4.78 is 2.48. The largest absolute Gasteiger partial charge is 0.355 e. The van der Waals surface area contributed by atoms with Crippen LogP contribution in [0.15, 0.2) is 15.9 Å². The van der Waals surface area contributed by atoms with E-state index in [0.29, 0.717) is 12.1 Å². The summed E-state index contributed by atoms with van der Waals surface area (Å²) in [6.45, 7) is 4.31. The molecule has 0 amide bonds. The second-order valence-corrected chi connectivity index (χ2v) is 5.99. The van der Waals surface area contributed by atoms with Gasteiger partial charge in [-0.25, -0.2) is 0 Å². The minimum atomic E-state index is 0.389. The molecule has 3 N–H and O–H groups in total. The molecule has 3 nitrogen and oxygen atoms in total. The van der Waals surface area contributed by atoms with Gasteiger partial charge in [-0.1, -0.05) is 0 Å². The number of nitrogens with one attached hydrogen (secondary N) is 3. The van der Waals surface area contributed by atoms with Gasteiger partial charge in [0.05, 0.1) is 20.7 Å². The van der Waals surface area contributed by atoms with Crippen molar-refractivity contribution in [1.29, 1.82) is 0 Å². The van der Waals surface area contributed by atoms with Gasteiger partial charge in [0.1, 0.15) is 0 Å². The van der Waals surface area contributed by atoms with Gasteiger partial charge in [-0.15, -0.1) is 11.3 Å². The molecule has 0 aliphatic carbocycles. The van der Waals surface area contributed by atoms with Crippen LogP contribution >= 0.6 is 27.3 Å². The van der Waals surface area contributed by atoms with Gasteiger partial charge < -0.3 is 15.6 Å². The summed E-state index contributed by atoms with van der Waals surface area (Å²) in [7, 11) is 0. The second kappa shape index (κ2) is 4.14. The maximum atomic E-state index is 3.56. The van der Waals surface area contributed by atoms with E-state index in [4.69, 9.17) is 0 Å². The second-order valence-electron chi connectivity index (χ2n) is 4.22. The van der Waals surface area contributed by atoms with Gasteiger partial charge in [0.2, 0.25) is 0 Å². The monoisotopic (exact) mass is 299 g/mol. The summed E-state index contributed by atoms with van der Waals surface area (Å²) in [5, 5.41) is 9.17. The molecule has 1 fully saturated rings. The molecule has 86 valence electrons. The van der Waals surface area contributed by atoms with Crippen LogP contribution in [0.25, 0.3) is 10.2 Å². The third-order valence-electron chi connectivity index (χ3n) is 3.12. The summed E-state index contributed by atoms with van der Waals surface area (Å²) in [6, 6.07) is 3.12. The first-order valence-electron chi connectivity index (χ1n) is 5.48. The van der Waals surface area contributed by atoms with Crippen LogP contribution in [0.5, 0.6) is 0 Å². The maximum Gasteiger partial charge on any atom is 0.0710 e. The van der Waals surface area contributed by atoms with Crippen LogP contribution in [0.1, 0.15) is 18.7 Å². The van der Waals surface area contributed by atoms with Crippen LogP contribution in [0.4, 0.5) is 0 Å². The summed E-state index contributed by atoms with van der Waals surface area (Å²) >= 11 is 5.34. The van der Waals surface area contributed by atoms with Gasteiger partial charge in [0.15, 0.2) is 0 Å². The molecular weight excluding hydrogens is 286 g/mol.